The fraction of sp³-hybridized carbons (Fsp3) is 0.250. The van der Waals surface area contributed by atoms with E-state index >= 15 is 0 Å². The molecule has 1 heterocycles. The molecule has 0 atom stereocenters. The van der Waals surface area contributed by atoms with E-state index in [-0.39, 0.29) is 6.61 Å². The van der Waals surface area contributed by atoms with Crippen molar-refractivity contribution in [1.29, 1.82) is 0 Å². The molecule has 2 aromatic carbocycles. The first-order valence-electron chi connectivity index (χ1n) is 8.60. The van der Waals surface area contributed by atoms with E-state index in [1.807, 2.05) is 12.1 Å². The van der Waals surface area contributed by atoms with Gasteiger partial charge in [-0.25, -0.2) is 0 Å². The Hall–Kier alpha value is -3.75. The molecule has 0 fully saturated rings. The summed E-state index contributed by atoms with van der Waals surface area (Å²) < 4.78 is 26.2. The second-order valence-corrected chi connectivity index (χ2v) is 5.70. The zero-order valence-electron chi connectivity index (χ0n) is 16.5. The molecule has 0 N–H and O–H groups in total. The molecule has 0 aliphatic carbocycles. The van der Waals surface area contributed by atoms with E-state index in [4.69, 9.17) is 28.3 Å². The zero-order chi connectivity index (χ0) is 20.6. The Balaban J connectivity index is 1.62. The molecule has 29 heavy (non-hydrogen) atoms. The minimum Gasteiger partial charge on any atom is -0.493 e. The quantitative estimate of drug-likeness (QED) is 0.399. The lowest BCUT2D eigenvalue weighted by molar-refractivity contribution is 0.107. The molecule has 152 valence electrons. The highest BCUT2D eigenvalue weighted by molar-refractivity contribution is 5.80. The van der Waals surface area contributed by atoms with Gasteiger partial charge in [0.05, 0.1) is 34.7 Å². The van der Waals surface area contributed by atoms with Crippen LogP contribution in [0.3, 0.4) is 0 Å². The molecule has 0 amide bonds. The lowest BCUT2D eigenvalue weighted by Gasteiger charge is -2.07. The molecule has 0 aliphatic heterocycles. The van der Waals surface area contributed by atoms with Crippen molar-refractivity contribution in [1.82, 2.24) is 10.1 Å². The minimum atomic E-state index is 0.0318. The molecule has 0 unspecified atom stereocenters. The standard InChI is InChI=1S/C20H21N3O6/c1-24-15-7-5-13(9-17(15)26-3)11-21-28-12-19-22-20(23-29-19)14-6-8-16(25-2)18(10-14)27-4/h5-11H,12H2,1-4H3/b21-11-. The Morgan fingerprint density at radius 3 is 2.21 bits per heavy atom. The van der Waals surface area contributed by atoms with Crippen LogP contribution in [0.25, 0.3) is 11.4 Å². The van der Waals surface area contributed by atoms with Crippen molar-refractivity contribution in [3.05, 3.63) is 47.9 Å². The summed E-state index contributed by atoms with van der Waals surface area (Å²) in [5.74, 6) is 3.14. The number of hydrogen-bond acceptors (Lipinski definition) is 9. The van der Waals surface area contributed by atoms with Crippen LogP contribution in [-0.4, -0.2) is 44.8 Å². The Kier molecular flexibility index (Phi) is 6.51. The van der Waals surface area contributed by atoms with Crippen LogP contribution in [0.15, 0.2) is 46.1 Å². The van der Waals surface area contributed by atoms with Crippen LogP contribution in [0.2, 0.25) is 0 Å². The summed E-state index contributed by atoms with van der Waals surface area (Å²) in [6.45, 7) is 0.0318. The van der Waals surface area contributed by atoms with E-state index in [1.165, 1.54) is 0 Å². The molecule has 3 aromatic rings. The first kappa shape index (κ1) is 20.0. The van der Waals surface area contributed by atoms with Crippen LogP contribution < -0.4 is 18.9 Å². The molecule has 0 bridgehead atoms. The topological polar surface area (TPSA) is 97.4 Å². The number of oxime groups is 1. The second-order valence-electron chi connectivity index (χ2n) is 5.70. The molecule has 3 rings (SSSR count). The van der Waals surface area contributed by atoms with Crippen LogP contribution in [0.1, 0.15) is 11.5 Å². The summed E-state index contributed by atoms with van der Waals surface area (Å²) in [5, 5.41) is 7.87. The number of hydrogen-bond donors (Lipinski definition) is 0. The Labute approximate surface area is 167 Å². The van der Waals surface area contributed by atoms with Gasteiger partial charge in [-0.3, -0.25) is 0 Å². The van der Waals surface area contributed by atoms with E-state index in [1.54, 1.807) is 58.9 Å². The maximum atomic E-state index is 5.29. The molecular formula is C20H21N3O6. The molecule has 9 heteroatoms. The van der Waals surface area contributed by atoms with Crippen LogP contribution >= 0.6 is 0 Å². The fourth-order valence-corrected chi connectivity index (χ4v) is 2.53. The molecule has 0 saturated carbocycles. The third-order valence-electron chi connectivity index (χ3n) is 3.98. The molecule has 1 aromatic heterocycles. The highest BCUT2D eigenvalue weighted by atomic mass is 16.6. The van der Waals surface area contributed by atoms with Crippen molar-refractivity contribution < 1.29 is 28.3 Å². The Bertz CT molecular complexity index is 986. The van der Waals surface area contributed by atoms with Crippen molar-refractivity contribution in [2.45, 2.75) is 6.61 Å². The average Bonchev–Trinajstić information content (AvgIpc) is 3.25. The fourth-order valence-electron chi connectivity index (χ4n) is 2.53. The Morgan fingerprint density at radius 2 is 1.52 bits per heavy atom. The van der Waals surface area contributed by atoms with E-state index in [0.29, 0.717) is 34.7 Å². The highest BCUT2D eigenvalue weighted by Crippen LogP contribution is 2.31. The van der Waals surface area contributed by atoms with Gasteiger partial charge >= 0.3 is 0 Å². The van der Waals surface area contributed by atoms with Gasteiger partial charge in [0.1, 0.15) is 0 Å². The first-order chi connectivity index (χ1) is 14.2. The molecular weight excluding hydrogens is 378 g/mol. The summed E-state index contributed by atoms with van der Waals surface area (Å²) in [7, 11) is 6.29. The predicted octanol–water partition coefficient (Wildman–Crippen LogP) is 3.32. The number of aromatic nitrogens is 2. The molecule has 0 radical (unpaired) electrons. The summed E-state index contributed by atoms with van der Waals surface area (Å²) in [4.78, 5) is 9.54. The van der Waals surface area contributed by atoms with Gasteiger partial charge in [0.25, 0.3) is 5.89 Å². The second kappa shape index (κ2) is 9.45. The van der Waals surface area contributed by atoms with Gasteiger partial charge in [-0.05, 0) is 36.4 Å². The number of nitrogens with zero attached hydrogens (tertiary/aromatic N) is 3. The summed E-state index contributed by atoms with van der Waals surface area (Å²) in [6, 6.07) is 10.8. The smallest absolute Gasteiger partial charge is 0.267 e. The monoisotopic (exact) mass is 399 g/mol. The van der Waals surface area contributed by atoms with E-state index in [2.05, 4.69) is 15.3 Å². The van der Waals surface area contributed by atoms with Crippen molar-refractivity contribution >= 4 is 6.21 Å². The van der Waals surface area contributed by atoms with Gasteiger partial charge in [0.15, 0.2) is 29.6 Å². The van der Waals surface area contributed by atoms with Gasteiger partial charge in [-0.15, -0.1) is 0 Å². The maximum Gasteiger partial charge on any atom is 0.267 e. The number of ether oxygens (including phenoxy) is 4. The zero-order valence-corrected chi connectivity index (χ0v) is 16.5. The third kappa shape index (κ3) is 4.75. The maximum absolute atomic E-state index is 5.29. The molecule has 0 aliphatic rings. The first-order valence-corrected chi connectivity index (χ1v) is 8.60. The number of benzene rings is 2. The summed E-state index contributed by atoms with van der Waals surface area (Å²) in [5.41, 5.74) is 1.52. The predicted molar refractivity (Wildman–Crippen MR) is 105 cm³/mol. The van der Waals surface area contributed by atoms with E-state index in [9.17, 15) is 0 Å². The van der Waals surface area contributed by atoms with Crippen LogP contribution in [0.5, 0.6) is 23.0 Å². The average molecular weight is 399 g/mol. The van der Waals surface area contributed by atoms with Gasteiger partial charge in [-0.1, -0.05) is 10.3 Å². The van der Waals surface area contributed by atoms with Crippen LogP contribution in [0.4, 0.5) is 0 Å². The number of methoxy groups -OCH3 is 4. The normalized spacial score (nSPS) is 10.8. The lowest BCUT2D eigenvalue weighted by Crippen LogP contribution is -1.93. The number of rotatable bonds is 9. The largest absolute Gasteiger partial charge is 0.493 e. The highest BCUT2D eigenvalue weighted by Gasteiger charge is 2.12. The van der Waals surface area contributed by atoms with Gasteiger partial charge < -0.3 is 28.3 Å². The Morgan fingerprint density at radius 1 is 0.862 bits per heavy atom. The van der Waals surface area contributed by atoms with E-state index < -0.39 is 0 Å². The van der Waals surface area contributed by atoms with Crippen molar-refractivity contribution in [3.8, 4) is 34.4 Å². The molecule has 9 nitrogen and oxygen atoms in total. The SMILES string of the molecule is COc1ccc(/C=N\OCc2nc(-c3ccc(OC)c(OC)c3)no2)cc1OC. The van der Waals surface area contributed by atoms with Gasteiger partial charge in [0.2, 0.25) is 5.82 Å². The van der Waals surface area contributed by atoms with Gasteiger partial charge in [0, 0.05) is 11.1 Å². The van der Waals surface area contributed by atoms with Crippen molar-refractivity contribution in [3.63, 3.8) is 0 Å². The molecule has 0 saturated heterocycles. The van der Waals surface area contributed by atoms with Crippen molar-refractivity contribution in [2.24, 2.45) is 5.16 Å². The third-order valence-corrected chi connectivity index (χ3v) is 3.98. The minimum absolute atomic E-state index is 0.0318. The molecule has 0 spiro atoms. The van der Waals surface area contributed by atoms with Crippen LogP contribution in [0, 0.1) is 0 Å². The summed E-state index contributed by atoms with van der Waals surface area (Å²) >= 11 is 0. The van der Waals surface area contributed by atoms with Crippen molar-refractivity contribution in [2.75, 3.05) is 28.4 Å². The van der Waals surface area contributed by atoms with E-state index in [0.717, 1.165) is 11.1 Å². The van der Waals surface area contributed by atoms with Crippen LogP contribution in [-0.2, 0) is 11.4 Å². The summed E-state index contributed by atoms with van der Waals surface area (Å²) in [6.07, 6.45) is 1.55. The van der Waals surface area contributed by atoms with Gasteiger partial charge in [-0.2, -0.15) is 4.98 Å². The lowest BCUT2D eigenvalue weighted by atomic mass is 10.2.